The van der Waals surface area contributed by atoms with Crippen molar-refractivity contribution in [3.05, 3.63) is 102 Å². The number of carbonyl (C=O) groups excluding carboxylic acids is 1. The number of amides is 1. The first-order valence-corrected chi connectivity index (χ1v) is 11.0. The number of methoxy groups -OCH3 is 1. The third-order valence-corrected chi connectivity index (χ3v) is 5.24. The Kier molecular flexibility index (Phi) is 7.40. The van der Waals surface area contributed by atoms with Crippen molar-refractivity contribution in [2.45, 2.75) is 13.5 Å². The molecule has 0 radical (unpaired) electrons. The molecule has 4 aromatic rings. The molecule has 34 heavy (non-hydrogen) atoms. The van der Waals surface area contributed by atoms with Gasteiger partial charge in [0, 0.05) is 5.56 Å². The van der Waals surface area contributed by atoms with Crippen LogP contribution in [0.25, 0.3) is 10.8 Å². The predicted octanol–water partition coefficient (Wildman–Crippen LogP) is 5.59. The van der Waals surface area contributed by atoms with Crippen LogP contribution in [-0.4, -0.2) is 25.8 Å². The van der Waals surface area contributed by atoms with Gasteiger partial charge < -0.3 is 14.2 Å². The lowest BCUT2D eigenvalue weighted by molar-refractivity contribution is 0.0954. The Morgan fingerprint density at radius 2 is 1.74 bits per heavy atom. The Morgan fingerprint density at radius 1 is 0.912 bits per heavy atom. The number of fused-ring (bicyclic) bond motifs is 1. The van der Waals surface area contributed by atoms with Gasteiger partial charge >= 0.3 is 0 Å². The highest BCUT2D eigenvalue weighted by molar-refractivity contribution is 5.95. The van der Waals surface area contributed by atoms with Crippen molar-refractivity contribution in [1.82, 2.24) is 5.43 Å². The second-order valence-corrected chi connectivity index (χ2v) is 7.50. The molecule has 0 aliphatic carbocycles. The molecule has 4 rings (SSSR count). The van der Waals surface area contributed by atoms with Gasteiger partial charge in [0.2, 0.25) is 0 Å². The van der Waals surface area contributed by atoms with Crippen LogP contribution in [0.1, 0.15) is 28.4 Å². The van der Waals surface area contributed by atoms with E-state index in [0.29, 0.717) is 30.3 Å². The zero-order valence-corrected chi connectivity index (χ0v) is 19.2. The molecule has 0 aliphatic rings. The maximum atomic E-state index is 12.5. The topological polar surface area (TPSA) is 69.2 Å². The molecule has 0 bridgehead atoms. The van der Waals surface area contributed by atoms with Gasteiger partial charge in [-0.15, -0.1) is 0 Å². The zero-order valence-electron chi connectivity index (χ0n) is 19.2. The van der Waals surface area contributed by atoms with Gasteiger partial charge in [0.05, 0.1) is 19.9 Å². The second-order valence-electron chi connectivity index (χ2n) is 7.50. The van der Waals surface area contributed by atoms with E-state index in [0.717, 1.165) is 16.9 Å². The number of benzene rings is 4. The highest BCUT2D eigenvalue weighted by atomic mass is 16.5. The summed E-state index contributed by atoms with van der Waals surface area (Å²) in [4.78, 5) is 12.5. The van der Waals surface area contributed by atoms with Gasteiger partial charge in [-0.1, -0.05) is 54.6 Å². The molecule has 172 valence electrons. The summed E-state index contributed by atoms with van der Waals surface area (Å²) in [7, 11) is 1.56. The smallest absolute Gasteiger partial charge is 0.271 e. The quantitative estimate of drug-likeness (QED) is 0.264. The zero-order chi connectivity index (χ0) is 23.8. The average Bonchev–Trinajstić information content (AvgIpc) is 2.88. The van der Waals surface area contributed by atoms with Crippen LogP contribution >= 0.6 is 0 Å². The predicted molar refractivity (Wildman–Crippen MR) is 134 cm³/mol. The summed E-state index contributed by atoms with van der Waals surface area (Å²) in [5.41, 5.74) is 4.90. The van der Waals surface area contributed by atoms with Crippen molar-refractivity contribution >= 4 is 22.9 Å². The van der Waals surface area contributed by atoms with Crippen LogP contribution in [0.5, 0.6) is 17.2 Å². The summed E-state index contributed by atoms with van der Waals surface area (Å²) in [5, 5.41) is 6.45. The number of hydrogen-bond acceptors (Lipinski definition) is 5. The van der Waals surface area contributed by atoms with Crippen LogP contribution < -0.4 is 19.6 Å². The maximum absolute atomic E-state index is 12.5. The summed E-state index contributed by atoms with van der Waals surface area (Å²) in [6, 6.07) is 27.0. The maximum Gasteiger partial charge on any atom is 0.271 e. The lowest BCUT2D eigenvalue weighted by Gasteiger charge is -2.10. The fourth-order valence-electron chi connectivity index (χ4n) is 3.58. The van der Waals surface area contributed by atoms with Gasteiger partial charge in [-0.05, 0) is 59.2 Å². The SMILES string of the molecule is CCOc1cc(C(=O)N/N=C/c2cccc(OCc3cccc4ccccc34)c2)ccc1OC. The van der Waals surface area contributed by atoms with E-state index in [1.165, 1.54) is 10.8 Å². The Morgan fingerprint density at radius 3 is 2.59 bits per heavy atom. The molecule has 0 aromatic heterocycles. The highest BCUT2D eigenvalue weighted by Gasteiger charge is 2.10. The molecule has 1 N–H and O–H groups in total. The molecule has 0 unspecified atom stereocenters. The summed E-state index contributed by atoms with van der Waals surface area (Å²) in [6.45, 7) is 2.80. The Labute approximate surface area is 198 Å². The molecule has 0 heterocycles. The van der Waals surface area contributed by atoms with Crippen LogP contribution in [0.2, 0.25) is 0 Å². The summed E-state index contributed by atoms with van der Waals surface area (Å²) in [6.07, 6.45) is 1.58. The van der Waals surface area contributed by atoms with Crippen LogP contribution in [-0.2, 0) is 6.61 Å². The summed E-state index contributed by atoms with van der Waals surface area (Å²) < 4.78 is 16.8. The summed E-state index contributed by atoms with van der Waals surface area (Å²) >= 11 is 0. The van der Waals surface area contributed by atoms with Gasteiger partial charge in [-0.2, -0.15) is 5.10 Å². The van der Waals surface area contributed by atoms with Crippen molar-refractivity contribution < 1.29 is 19.0 Å². The van der Waals surface area contributed by atoms with Crippen LogP contribution in [0.4, 0.5) is 0 Å². The number of nitrogens with zero attached hydrogens (tertiary/aromatic N) is 1. The molecule has 0 saturated heterocycles. The average molecular weight is 455 g/mol. The minimum atomic E-state index is -0.344. The van der Waals surface area contributed by atoms with Gasteiger partial charge in [-0.25, -0.2) is 5.43 Å². The van der Waals surface area contributed by atoms with E-state index < -0.39 is 0 Å². The fourth-order valence-corrected chi connectivity index (χ4v) is 3.58. The van der Waals surface area contributed by atoms with Crippen molar-refractivity contribution in [2.75, 3.05) is 13.7 Å². The van der Waals surface area contributed by atoms with Crippen LogP contribution in [0.15, 0.2) is 90.0 Å². The second kappa shape index (κ2) is 11.0. The normalized spacial score (nSPS) is 10.9. The van der Waals surface area contributed by atoms with Crippen LogP contribution in [0.3, 0.4) is 0 Å². The molecule has 0 atom stereocenters. The van der Waals surface area contributed by atoms with Gasteiger partial charge in [0.1, 0.15) is 12.4 Å². The molecule has 0 spiro atoms. The molecule has 0 aliphatic heterocycles. The standard InChI is InChI=1S/C28H26N2O4/c1-3-33-27-17-22(14-15-26(27)32-2)28(31)30-29-18-20-8-6-12-24(16-20)34-19-23-11-7-10-21-9-4-5-13-25(21)23/h4-18H,3,19H2,1-2H3,(H,30,31)/b29-18+. The van der Waals surface area contributed by atoms with Crippen LogP contribution in [0, 0.1) is 0 Å². The first-order valence-electron chi connectivity index (χ1n) is 11.0. The minimum Gasteiger partial charge on any atom is -0.493 e. The fraction of sp³-hybridized carbons (Fsp3) is 0.143. The number of hydrogen-bond donors (Lipinski definition) is 1. The van der Waals surface area contributed by atoms with Crippen molar-refractivity contribution in [3.8, 4) is 17.2 Å². The molecular weight excluding hydrogens is 428 g/mol. The molecule has 6 nitrogen and oxygen atoms in total. The third-order valence-electron chi connectivity index (χ3n) is 5.24. The largest absolute Gasteiger partial charge is 0.493 e. The van der Waals surface area contributed by atoms with Crippen molar-refractivity contribution in [3.63, 3.8) is 0 Å². The molecule has 0 saturated carbocycles. The summed E-state index contributed by atoms with van der Waals surface area (Å²) in [5.74, 6) is 1.46. The Balaban J connectivity index is 1.39. The molecular formula is C28H26N2O4. The monoisotopic (exact) mass is 454 g/mol. The van der Waals surface area contributed by atoms with Gasteiger partial charge in [0.25, 0.3) is 5.91 Å². The molecule has 6 heteroatoms. The third kappa shape index (κ3) is 5.53. The Bertz CT molecular complexity index is 1310. The van der Waals surface area contributed by atoms with E-state index in [1.807, 2.05) is 49.4 Å². The minimum absolute atomic E-state index is 0.344. The first kappa shape index (κ1) is 22.9. The molecule has 0 fully saturated rings. The van der Waals surface area contributed by atoms with E-state index in [-0.39, 0.29) is 5.91 Å². The molecule has 1 amide bonds. The number of ether oxygens (including phenoxy) is 3. The van der Waals surface area contributed by atoms with Crippen molar-refractivity contribution in [2.24, 2.45) is 5.10 Å². The molecule has 4 aromatic carbocycles. The van der Waals surface area contributed by atoms with E-state index >= 15 is 0 Å². The lowest BCUT2D eigenvalue weighted by Crippen LogP contribution is -2.17. The number of nitrogens with one attached hydrogen (secondary N) is 1. The van der Waals surface area contributed by atoms with Gasteiger partial charge in [-0.3, -0.25) is 4.79 Å². The van der Waals surface area contributed by atoms with Gasteiger partial charge in [0.15, 0.2) is 11.5 Å². The number of carbonyl (C=O) groups is 1. The van der Waals surface area contributed by atoms with Crippen molar-refractivity contribution in [1.29, 1.82) is 0 Å². The number of rotatable bonds is 9. The van der Waals surface area contributed by atoms with E-state index in [4.69, 9.17) is 14.2 Å². The lowest BCUT2D eigenvalue weighted by atomic mass is 10.1. The highest BCUT2D eigenvalue weighted by Crippen LogP contribution is 2.28. The van der Waals surface area contributed by atoms with E-state index in [1.54, 1.807) is 31.5 Å². The van der Waals surface area contributed by atoms with E-state index in [2.05, 4.69) is 34.8 Å². The Hall–Kier alpha value is -4.32. The first-order chi connectivity index (χ1) is 16.7. The number of hydrazone groups is 1. The van der Waals surface area contributed by atoms with E-state index in [9.17, 15) is 4.79 Å².